The molecule has 0 unspecified atom stereocenters. The number of rotatable bonds is 3. The maximum absolute atomic E-state index is 13.0. The summed E-state index contributed by atoms with van der Waals surface area (Å²) in [5.41, 5.74) is 2.98. The Kier molecular flexibility index (Phi) is 4.07. The van der Waals surface area contributed by atoms with Gasteiger partial charge in [0.1, 0.15) is 6.33 Å². The Morgan fingerprint density at radius 2 is 1.85 bits per heavy atom. The van der Waals surface area contributed by atoms with E-state index in [4.69, 9.17) is 0 Å². The van der Waals surface area contributed by atoms with Crippen molar-refractivity contribution in [3.8, 4) is 11.4 Å². The van der Waals surface area contributed by atoms with Crippen molar-refractivity contribution in [2.24, 2.45) is 5.41 Å². The van der Waals surface area contributed by atoms with Gasteiger partial charge in [0.25, 0.3) is 5.91 Å². The van der Waals surface area contributed by atoms with Crippen LogP contribution in [0.3, 0.4) is 0 Å². The molecule has 3 aromatic rings. The van der Waals surface area contributed by atoms with Gasteiger partial charge in [-0.15, -0.1) is 0 Å². The predicted octanol–water partition coefficient (Wildman–Crippen LogP) is 3.74. The van der Waals surface area contributed by atoms with Gasteiger partial charge in [-0.25, -0.2) is 4.98 Å². The van der Waals surface area contributed by atoms with E-state index < -0.39 is 0 Å². The molecule has 1 fully saturated rings. The van der Waals surface area contributed by atoms with E-state index in [1.54, 1.807) is 0 Å². The molecule has 1 saturated heterocycles. The van der Waals surface area contributed by atoms with E-state index in [0.717, 1.165) is 18.7 Å². The van der Waals surface area contributed by atoms with Crippen LogP contribution < -0.4 is 0 Å². The molecular formula is C21H22N4O. The number of aromatic amines is 1. The highest BCUT2D eigenvalue weighted by Crippen LogP contribution is 2.42. The molecule has 0 spiro atoms. The van der Waals surface area contributed by atoms with E-state index in [1.807, 2.05) is 35.2 Å². The third-order valence-electron chi connectivity index (χ3n) is 5.25. The first-order valence-corrected chi connectivity index (χ1v) is 8.85. The molecule has 1 aliphatic heterocycles. The highest BCUT2D eigenvalue weighted by atomic mass is 16.2. The zero-order valence-corrected chi connectivity index (χ0v) is 15.0. The van der Waals surface area contributed by atoms with Crippen molar-refractivity contribution in [3.05, 3.63) is 72.1 Å². The second-order valence-electron chi connectivity index (χ2n) is 7.55. The molecule has 0 radical (unpaired) electrons. The third-order valence-corrected chi connectivity index (χ3v) is 5.25. The van der Waals surface area contributed by atoms with Crippen LogP contribution in [0.4, 0.5) is 0 Å². The smallest absolute Gasteiger partial charge is 0.253 e. The molecule has 1 aliphatic rings. The fourth-order valence-corrected chi connectivity index (χ4v) is 3.83. The highest BCUT2D eigenvalue weighted by molar-refractivity contribution is 5.95. The summed E-state index contributed by atoms with van der Waals surface area (Å²) in [6.45, 7) is 5.99. The molecule has 2 heterocycles. The van der Waals surface area contributed by atoms with E-state index in [2.05, 4.69) is 53.3 Å². The molecular weight excluding hydrogens is 324 g/mol. The van der Waals surface area contributed by atoms with Gasteiger partial charge in [-0.1, -0.05) is 56.3 Å². The van der Waals surface area contributed by atoms with E-state index in [0.29, 0.717) is 17.3 Å². The molecule has 5 heteroatoms. The summed E-state index contributed by atoms with van der Waals surface area (Å²) in [5.74, 6) is 1.14. The lowest BCUT2D eigenvalue weighted by Gasteiger charge is -2.25. The average molecular weight is 346 g/mol. The number of nitrogens with one attached hydrogen (secondary N) is 1. The fraction of sp³-hybridized carbons (Fsp3) is 0.286. The first-order valence-electron chi connectivity index (χ1n) is 8.85. The number of benzene rings is 2. The quantitative estimate of drug-likeness (QED) is 0.786. The number of amides is 1. The molecule has 1 atom stereocenters. The predicted molar refractivity (Wildman–Crippen MR) is 101 cm³/mol. The Morgan fingerprint density at radius 1 is 1.12 bits per heavy atom. The summed E-state index contributed by atoms with van der Waals surface area (Å²) in [4.78, 5) is 19.1. The van der Waals surface area contributed by atoms with Crippen molar-refractivity contribution in [2.45, 2.75) is 19.8 Å². The van der Waals surface area contributed by atoms with Gasteiger partial charge in [0.15, 0.2) is 5.82 Å². The monoisotopic (exact) mass is 346 g/mol. The molecule has 0 saturated carbocycles. The molecule has 1 aromatic heterocycles. The number of aromatic nitrogens is 3. The Hall–Kier alpha value is -2.95. The van der Waals surface area contributed by atoms with Crippen LogP contribution in [0, 0.1) is 5.41 Å². The van der Waals surface area contributed by atoms with Crippen molar-refractivity contribution in [2.75, 3.05) is 13.1 Å². The Bertz CT molecular complexity index is 886. The zero-order chi connectivity index (χ0) is 18.1. The van der Waals surface area contributed by atoms with Crippen molar-refractivity contribution in [3.63, 3.8) is 0 Å². The van der Waals surface area contributed by atoms with Gasteiger partial charge in [0.2, 0.25) is 0 Å². The lowest BCUT2D eigenvalue weighted by molar-refractivity contribution is 0.0778. The topological polar surface area (TPSA) is 61.9 Å². The van der Waals surface area contributed by atoms with E-state index in [1.165, 1.54) is 11.9 Å². The maximum atomic E-state index is 13.0. The molecule has 132 valence electrons. The van der Waals surface area contributed by atoms with Crippen molar-refractivity contribution in [1.29, 1.82) is 0 Å². The molecule has 4 rings (SSSR count). The van der Waals surface area contributed by atoms with Crippen LogP contribution in [0.5, 0.6) is 0 Å². The average Bonchev–Trinajstić information content (AvgIpc) is 3.29. The minimum Gasteiger partial charge on any atom is -0.337 e. The SMILES string of the molecule is CC1(C)CN(C(=O)c2ccc(-c3ncn[nH]3)cc2)C[C@@H]1c1ccccc1. The minimum absolute atomic E-state index is 0.0524. The number of H-pyrrole nitrogens is 1. The number of hydrogen-bond donors (Lipinski definition) is 1. The Balaban J connectivity index is 1.54. The van der Waals surface area contributed by atoms with Gasteiger partial charge in [-0.2, -0.15) is 5.10 Å². The molecule has 2 aromatic carbocycles. The van der Waals surface area contributed by atoms with Crippen molar-refractivity contribution in [1.82, 2.24) is 20.1 Å². The first kappa shape index (κ1) is 16.5. The van der Waals surface area contributed by atoms with Crippen LogP contribution in [-0.4, -0.2) is 39.1 Å². The van der Waals surface area contributed by atoms with E-state index >= 15 is 0 Å². The lowest BCUT2D eigenvalue weighted by Crippen LogP contribution is -2.30. The van der Waals surface area contributed by atoms with Crippen LogP contribution >= 0.6 is 0 Å². The van der Waals surface area contributed by atoms with Crippen molar-refractivity contribution < 1.29 is 4.79 Å². The number of carbonyl (C=O) groups is 1. The van der Waals surface area contributed by atoms with Gasteiger partial charge in [0, 0.05) is 30.1 Å². The minimum atomic E-state index is 0.0524. The highest BCUT2D eigenvalue weighted by Gasteiger charge is 2.42. The maximum Gasteiger partial charge on any atom is 0.253 e. The van der Waals surface area contributed by atoms with Crippen LogP contribution in [0.1, 0.15) is 35.7 Å². The molecule has 1 amide bonds. The number of carbonyl (C=O) groups excluding carboxylic acids is 1. The van der Waals surface area contributed by atoms with Gasteiger partial charge < -0.3 is 4.90 Å². The Morgan fingerprint density at radius 3 is 2.50 bits per heavy atom. The van der Waals surface area contributed by atoms with Gasteiger partial charge >= 0.3 is 0 Å². The third kappa shape index (κ3) is 3.01. The van der Waals surface area contributed by atoms with Gasteiger partial charge in [-0.05, 0) is 23.1 Å². The fourth-order valence-electron chi connectivity index (χ4n) is 3.83. The molecule has 5 nitrogen and oxygen atoms in total. The summed E-state index contributed by atoms with van der Waals surface area (Å²) >= 11 is 0. The molecule has 1 N–H and O–H groups in total. The zero-order valence-electron chi connectivity index (χ0n) is 15.0. The van der Waals surface area contributed by atoms with Gasteiger partial charge in [-0.3, -0.25) is 9.89 Å². The van der Waals surface area contributed by atoms with E-state index in [9.17, 15) is 4.79 Å². The molecule has 0 aliphatic carbocycles. The standard InChI is InChI=1S/C21H22N4O/c1-21(2)13-25(12-18(21)15-6-4-3-5-7-15)20(26)17-10-8-16(9-11-17)19-22-14-23-24-19/h3-11,14,18H,12-13H2,1-2H3,(H,22,23,24)/t18-/m1/s1. The second kappa shape index (κ2) is 6.41. The molecule has 26 heavy (non-hydrogen) atoms. The lowest BCUT2D eigenvalue weighted by atomic mass is 9.78. The summed E-state index contributed by atoms with van der Waals surface area (Å²) in [5, 5.41) is 6.70. The van der Waals surface area contributed by atoms with Crippen molar-refractivity contribution >= 4 is 5.91 Å². The Labute approximate surface area is 153 Å². The number of nitrogens with zero attached hydrogens (tertiary/aromatic N) is 3. The number of likely N-dealkylation sites (tertiary alicyclic amines) is 1. The van der Waals surface area contributed by atoms with Crippen LogP contribution in [0.25, 0.3) is 11.4 Å². The summed E-state index contributed by atoms with van der Waals surface area (Å²) < 4.78 is 0. The largest absolute Gasteiger partial charge is 0.337 e. The van der Waals surface area contributed by atoms with E-state index in [-0.39, 0.29) is 11.3 Å². The first-order chi connectivity index (χ1) is 12.5. The van der Waals surface area contributed by atoms with Crippen LogP contribution in [0.15, 0.2) is 60.9 Å². The second-order valence-corrected chi connectivity index (χ2v) is 7.55. The van der Waals surface area contributed by atoms with Gasteiger partial charge in [0.05, 0.1) is 0 Å². The molecule has 0 bridgehead atoms. The van der Waals surface area contributed by atoms with Crippen LogP contribution in [-0.2, 0) is 0 Å². The summed E-state index contributed by atoms with van der Waals surface area (Å²) in [6, 6.07) is 18.0. The normalized spacial score (nSPS) is 18.8. The summed E-state index contributed by atoms with van der Waals surface area (Å²) in [6.07, 6.45) is 1.48. The summed E-state index contributed by atoms with van der Waals surface area (Å²) in [7, 11) is 0. The number of hydrogen-bond acceptors (Lipinski definition) is 3. The van der Waals surface area contributed by atoms with Crippen LogP contribution in [0.2, 0.25) is 0 Å².